The van der Waals surface area contributed by atoms with Gasteiger partial charge in [-0.2, -0.15) is 13.2 Å². The predicted molar refractivity (Wildman–Crippen MR) is 66.3 cm³/mol. The second kappa shape index (κ2) is 6.36. The van der Waals surface area contributed by atoms with Gasteiger partial charge < -0.3 is 4.90 Å². The van der Waals surface area contributed by atoms with Crippen molar-refractivity contribution in [3.8, 4) is 0 Å². The maximum atomic E-state index is 13.6. The van der Waals surface area contributed by atoms with E-state index in [0.29, 0.717) is 11.3 Å². The van der Waals surface area contributed by atoms with Gasteiger partial charge in [-0.3, -0.25) is 4.79 Å². The van der Waals surface area contributed by atoms with E-state index < -0.39 is 24.4 Å². The number of carbonyl (C=O) groups is 1. The zero-order valence-corrected chi connectivity index (χ0v) is 11.7. The molecule has 0 aromatic heterocycles. The molecule has 1 amide bonds. The molecule has 0 saturated carbocycles. The second-order valence-electron chi connectivity index (χ2n) is 3.94. The Morgan fingerprint density at radius 3 is 2.47 bits per heavy atom. The molecule has 2 nitrogen and oxygen atoms in total. The highest BCUT2D eigenvalue weighted by Crippen LogP contribution is 2.24. The van der Waals surface area contributed by atoms with Crippen LogP contribution in [0.25, 0.3) is 0 Å². The quantitative estimate of drug-likeness (QED) is 0.758. The van der Waals surface area contributed by atoms with E-state index >= 15 is 0 Å². The minimum atomic E-state index is -4.51. The van der Waals surface area contributed by atoms with Crippen LogP contribution < -0.4 is 0 Å². The van der Waals surface area contributed by atoms with Gasteiger partial charge in [-0.15, -0.1) is 0 Å². The monoisotopic (exact) mass is 341 g/mol. The van der Waals surface area contributed by atoms with Gasteiger partial charge in [0.1, 0.15) is 12.4 Å². The molecule has 0 atom stereocenters. The lowest BCUT2D eigenvalue weighted by molar-refractivity contribution is -0.140. The van der Waals surface area contributed by atoms with Crippen molar-refractivity contribution in [2.75, 3.05) is 13.1 Å². The molecule has 7 heteroatoms. The van der Waals surface area contributed by atoms with Gasteiger partial charge in [0, 0.05) is 11.0 Å². The van der Waals surface area contributed by atoms with Crippen LogP contribution in [-0.4, -0.2) is 30.1 Å². The Balaban J connectivity index is 3.06. The van der Waals surface area contributed by atoms with Crippen molar-refractivity contribution < 1.29 is 22.4 Å². The van der Waals surface area contributed by atoms with Crippen LogP contribution >= 0.6 is 15.9 Å². The van der Waals surface area contributed by atoms with Crippen molar-refractivity contribution in [1.29, 1.82) is 0 Å². The molecule has 0 unspecified atom stereocenters. The van der Waals surface area contributed by atoms with Crippen LogP contribution in [0, 0.1) is 5.82 Å². The Kier molecular flexibility index (Phi) is 5.34. The summed E-state index contributed by atoms with van der Waals surface area (Å²) in [5.41, 5.74) is -0.375. The fraction of sp³-hybridized carbons (Fsp3) is 0.417. The maximum Gasteiger partial charge on any atom is 0.406 e. The molecule has 0 spiro atoms. The number of alkyl halides is 3. The molecule has 1 rings (SSSR count). The van der Waals surface area contributed by atoms with Crippen molar-refractivity contribution in [1.82, 2.24) is 4.90 Å². The first-order valence-corrected chi connectivity index (χ1v) is 6.35. The smallest absolute Gasteiger partial charge is 0.329 e. The van der Waals surface area contributed by atoms with Gasteiger partial charge in [-0.1, -0.05) is 13.0 Å². The summed E-state index contributed by atoms with van der Waals surface area (Å²) in [5, 5.41) is 0. The van der Waals surface area contributed by atoms with Crippen molar-refractivity contribution in [3.63, 3.8) is 0 Å². The van der Waals surface area contributed by atoms with E-state index in [0.717, 1.165) is 6.07 Å². The molecule has 0 fully saturated rings. The first-order valence-electron chi connectivity index (χ1n) is 5.56. The van der Waals surface area contributed by atoms with Gasteiger partial charge in [-0.25, -0.2) is 4.39 Å². The van der Waals surface area contributed by atoms with Crippen LogP contribution in [0.4, 0.5) is 17.6 Å². The van der Waals surface area contributed by atoms with E-state index in [4.69, 9.17) is 0 Å². The Morgan fingerprint density at radius 1 is 1.37 bits per heavy atom. The highest BCUT2D eigenvalue weighted by Gasteiger charge is 2.34. The molecule has 0 aliphatic heterocycles. The fourth-order valence-corrected chi connectivity index (χ4v) is 2.11. The van der Waals surface area contributed by atoms with Crippen molar-refractivity contribution >= 4 is 21.8 Å². The van der Waals surface area contributed by atoms with Crippen LogP contribution in [0.5, 0.6) is 0 Å². The lowest BCUT2D eigenvalue weighted by Gasteiger charge is -2.24. The summed E-state index contributed by atoms with van der Waals surface area (Å²) in [6, 6.07) is 3.81. The van der Waals surface area contributed by atoms with E-state index in [1.165, 1.54) is 12.1 Å². The number of carbonyl (C=O) groups excluding carboxylic acids is 1. The lowest BCUT2D eigenvalue weighted by Crippen LogP contribution is -2.40. The summed E-state index contributed by atoms with van der Waals surface area (Å²) < 4.78 is 50.9. The summed E-state index contributed by atoms with van der Waals surface area (Å²) in [5.74, 6) is -1.81. The maximum absolute atomic E-state index is 13.6. The van der Waals surface area contributed by atoms with Gasteiger partial charge in [0.15, 0.2) is 0 Å². The summed E-state index contributed by atoms with van der Waals surface area (Å²) in [4.78, 5) is 12.6. The molecule has 1 aromatic rings. The zero-order valence-electron chi connectivity index (χ0n) is 10.1. The Labute approximate surface area is 116 Å². The standard InChI is InChI=1S/C12H12BrF4NO/c1-2-6-18(7-12(15,16)17)11(19)10-8(13)4-3-5-9(10)14/h3-5H,2,6-7H2,1H3. The molecule has 0 aliphatic rings. The second-order valence-corrected chi connectivity index (χ2v) is 4.79. The summed E-state index contributed by atoms with van der Waals surface area (Å²) >= 11 is 2.98. The summed E-state index contributed by atoms with van der Waals surface area (Å²) in [6.07, 6.45) is -4.16. The van der Waals surface area contributed by atoms with Crippen LogP contribution in [0.3, 0.4) is 0 Å². The third-order valence-corrected chi connectivity index (χ3v) is 2.99. The largest absolute Gasteiger partial charge is 0.406 e. The normalized spacial score (nSPS) is 11.5. The Hall–Kier alpha value is -1.11. The zero-order chi connectivity index (χ0) is 14.6. The minimum absolute atomic E-state index is 0.0842. The average molecular weight is 342 g/mol. The summed E-state index contributed by atoms with van der Waals surface area (Å²) in [7, 11) is 0. The first-order chi connectivity index (χ1) is 8.76. The third-order valence-electron chi connectivity index (χ3n) is 2.33. The van der Waals surface area contributed by atoms with E-state index in [9.17, 15) is 22.4 Å². The number of hydrogen-bond donors (Lipinski definition) is 0. The summed E-state index contributed by atoms with van der Waals surface area (Å²) in [6.45, 7) is 0.173. The van der Waals surface area contributed by atoms with Crippen LogP contribution in [0.15, 0.2) is 22.7 Å². The van der Waals surface area contributed by atoms with E-state index in [-0.39, 0.29) is 16.6 Å². The molecule has 106 valence electrons. The van der Waals surface area contributed by atoms with E-state index in [2.05, 4.69) is 15.9 Å². The van der Waals surface area contributed by atoms with Crippen molar-refractivity contribution in [3.05, 3.63) is 34.1 Å². The fourth-order valence-electron chi connectivity index (χ4n) is 1.60. The molecule has 0 aliphatic carbocycles. The SMILES string of the molecule is CCCN(CC(F)(F)F)C(=O)c1c(F)cccc1Br. The molecule has 0 heterocycles. The number of rotatable bonds is 4. The molecule has 1 aromatic carbocycles. The van der Waals surface area contributed by atoms with Crippen LogP contribution in [0.2, 0.25) is 0 Å². The molecular formula is C12H12BrF4NO. The van der Waals surface area contributed by atoms with Gasteiger partial charge in [0.05, 0.1) is 5.56 Å². The van der Waals surface area contributed by atoms with E-state index in [1.54, 1.807) is 6.92 Å². The Bertz CT molecular complexity index is 441. The van der Waals surface area contributed by atoms with Crippen molar-refractivity contribution in [2.24, 2.45) is 0 Å². The third kappa shape index (κ3) is 4.49. The topological polar surface area (TPSA) is 20.3 Å². The first kappa shape index (κ1) is 15.9. The van der Waals surface area contributed by atoms with Crippen molar-refractivity contribution in [2.45, 2.75) is 19.5 Å². The Morgan fingerprint density at radius 2 is 2.00 bits per heavy atom. The number of amides is 1. The lowest BCUT2D eigenvalue weighted by atomic mass is 10.1. The van der Waals surface area contributed by atoms with Gasteiger partial charge in [0.2, 0.25) is 0 Å². The average Bonchev–Trinajstić information content (AvgIpc) is 2.26. The molecule has 0 N–H and O–H groups in total. The number of benzene rings is 1. The highest BCUT2D eigenvalue weighted by atomic mass is 79.9. The molecular weight excluding hydrogens is 330 g/mol. The molecule has 0 saturated heterocycles. The number of hydrogen-bond acceptors (Lipinski definition) is 1. The van der Waals surface area contributed by atoms with Crippen LogP contribution in [-0.2, 0) is 0 Å². The number of halogens is 5. The highest BCUT2D eigenvalue weighted by molar-refractivity contribution is 9.10. The minimum Gasteiger partial charge on any atom is -0.329 e. The van der Waals surface area contributed by atoms with E-state index in [1.807, 2.05) is 0 Å². The van der Waals surface area contributed by atoms with Crippen LogP contribution in [0.1, 0.15) is 23.7 Å². The number of nitrogens with zero attached hydrogens (tertiary/aromatic N) is 1. The molecule has 19 heavy (non-hydrogen) atoms. The molecule has 0 bridgehead atoms. The van der Waals surface area contributed by atoms with Gasteiger partial charge in [0.25, 0.3) is 5.91 Å². The van der Waals surface area contributed by atoms with Gasteiger partial charge >= 0.3 is 6.18 Å². The molecule has 0 radical (unpaired) electrons. The van der Waals surface area contributed by atoms with Gasteiger partial charge in [-0.05, 0) is 34.5 Å². The predicted octanol–water partition coefficient (Wildman–Crippen LogP) is 4.00.